The summed E-state index contributed by atoms with van der Waals surface area (Å²) in [5, 5.41) is 12.0. The number of nitrogens with two attached hydrogens (primary N) is 1. The van der Waals surface area contributed by atoms with Crippen LogP contribution in [-0.4, -0.2) is 20.8 Å². The van der Waals surface area contributed by atoms with E-state index in [1.165, 1.54) is 0 Å². The number of fused-ring (bicyclic) bond motifs is 6. The second-order valence-electron chi connectivity index (χ2n) is 7.85. The van der Waals surface area contributed by atoms with Gasteiger partial charge in [-0.2, -0.15) is 0 Å². The zero-order valence-corrected chi connectivity index (χ0v) is 21.2. The summed E-state index contributed by atoms with van der Waals surface area (Å²) in [5.41, 5.74) is 12.2. The van der Waals surface area contributed by atoms with E-state index < -0.39 is 6.16 Å². The number of carbonyl (C=O) groups is 1. The molecule has 1 aliphatic heterocycles. The number of nitrogen functional groups attached to an aromatic ring is 1. The molecule has 0 saturated carbocycles. The fourth-order valence-electron chi connectivity index (χ4n) is 4.62. The van der Waals surface area contributed by atoms with Crippen LogP contribution < -0.4 is 11.3 Å². The number of ether oxygens (including phenoxy) is 1. The molecule has 0 aliphatic carbocycles. The second-order valence-corrected chi connectivity index (χ2v) is 7.85. The van der Waals surface area contributed by atoms with E-state index in [0.29, 0.717) is 23.4 Å². The summed E-state index contributed by atoms with van der Waals surface area (Å²) in [7, 11) is 0. The van der Waals surface area contributed by atoms with Gasteiger partial charge in [-0.05, 0) is 59.5 Å². The standard InChI is InChI=1S/C24H21N3O4.2C2H6/c1-3-15-17-10-27-20(8-12(2)18(23(27)28)11-31-24(29)30)22(17)26-19-7-5-13-4-6-14(25)9-16(13)21(15)19;2*1-2/h4-9H,3,10-11,25H2,1-2H3,(H,29,30);2*1-2H3. The molecular weight excluding hydrogens is 442 g/mol. The number of aromatic nitrogens is 2. The number of benzene rings is 2. The first kappa shape index (κ1) is 25.7. The van der Waals surface area contributed by atoms with E-state index in [-0.39, 0.29) is 12.2 Å². The first-order chi connectivity index (χ1) is 16.9. The Labute approximate surface area is 205 Å². The Morgan fingerprint density at radius 1 is 1.11 bits per heavy atom. The summed E-state index contributed by atoms with van der Waals surface area (Å²) in [6.45, 7) is 12.0. The maximum atomic E-state index is 13.2. The van der Waals surface area contributed by atoms with Gasteiger partial charge in [0, 0.05) is 16.6 Å². The number of aryl methyl sites for hydroxylation is 2. The van der Waals surface area contributed by atoms with Crippen LogP contribution in [-0.2, 0) is 24.3 Å². The molecule has 0 radical (unpaired) electrons. The molecule has 1 aliphatic rings. The third-order valence-corrected chi connectivity index (χ3v) is 6.08. The fourth-order valence-corrected chi connectivity index (χ4v) is 4.62. The molecule has 2 aromatic carbocycles. The van der Waals surface area contributed by atoms with Crippen molar-refractivity contribution in [2.45, 2.75) is 61.1 Å². The van der Waals surface area contributed by atoms with Crippen molar-refractivity contribution in [3.63, 3.8) is 0 Å². The zero-order chi connectivity index (χ0) is 25.9. The lowest BCUT2D eigenvalue weighted by molar-refractivity contribution is 0.0848. The summed E-state index contributed by atoms with van der Waals surface area (Å²) < 4.78 is 6.34. The molecule has 3 heterocycles. The minimum absolute atomic E-state index is 0.241. The van der Waals surface area contributed by atoms with E-state index in [0.717, 1.165) is 50.6 Å². The highest BCUT2D eigenvalue weighted by atomic mass is 16.7. The van der Waals surface area contributed by atoms with Crippen molar-refractivity contribution in [3.8, 4) is 11.4 Å². The first-order valence-electron chi connectivity index (χ1n) is 12.1. The maximum absolute atomic E-state index is 13.2. The predicted molar refractivity (Wildman–Crippen MR) is 142 cm³/mol. The van der Waals surface area contributed by atoms with Crippen LogP contribution in [0.3, 0.4) is 0 Å². The third kappa shape index (κ3) is 4.46. The molecular formula is C28H33N3O4. The van der Waals surface area contributed by atoms with E-state index in [2.05, 4.69) is 11.7 Å². The van der Waals surface area contributed by atoms with Crippen molar-refractivity contribution in [2.75, 3.05) is 5.73 Å². The van der Waals surface area contributed by atoms with Crippen LogP contribution in [0.5, 0.6) is 0 Å². The van der Waals surface area contributed by atoms with Gasteiger partial charge in [0.2, 0.25) is 0 Å². The van der Waals surface area contributed by atoms with Gasteiger partial charge >= 0.3 is 6.16 Å². The average molecular weight is 476 g/mol. The molecule has 184 valence electrons. The monoisotopic (exact) mass is 475 g/mol. The predicted octanol–water partition coefficient (Wildman–Crippen LogP) is 6.28. The van der Waals surface area contributed by atoms with E-state index in [4.69, 9.17) is 15.8 Å². The van der Waals surface area contributed by atoms with Crippen LogP contribution in [0.15, 0.2) is 41.2 Å². The summed E-state index contributed by atoms with van der Waals surface area (Å²) >= 11 is 0. The van der Waals surface area contributed by atoms with Crippen molar-refractivity contribution >= 4 is 33.5 Å². The minimum Gasteiger partial charge on any atom is -0.450 e. The molecule has 0 atom stereocenters. The smallest absolute Gasteiger partial charge is 0.450 e. The van der Waals surface area contributed by atoms with Gasteiger partial charge in [0.15, 0.2) is 0 Å². The van der Waals surface area contributed by atoms with E-state index >= 15 is 0 Å². The van der Waals surface area contributed by atoms with Crippen molar-refractivity contribution in [2.24, 2.45) is 0 Å². The number of anilines is 1. The van der Waals surface area contributed by atoms with Gasteiger partial charge in [-0.25, -0.2) is 9.78 Å². The fraction of sp³-hybridized carbons (Fsp3) is 0.321. The zero-order valence-electron chi connectivity index (χ0n) is 21.2. The van der Waals surface area contributed by atoms with Crippen LogP contribution >= 0.6 is 0 Å². The Bertz CT molecular complexity index is 1470. The van der Waals surface area contributed by atoms with Gasteiger partial charge in [-0.15, -0.1) is 0 Å². The van der Waals surface area contributed by atoms with Crippen LogP contribution in [0.4, 0.5) is 10.5 Å². The molecule has 0 amide bonds. The summed E-state index contributed by atoms with van der Waals surface area (Å²) in [4.78, 5) is 28.9. The highest BCUT2D eigenvalue weighted by Crippen LogP contribution is 2.39. The highest BCUT2D eigenvalue weighted by Gasteiger charge is 2.27. The molecule has 0 spiro atoms. The largest absolute Gasteiger partial charge is 0.506 e. The summed E-state index contributed by atoms with van der Waals surface area (Å²) in [5.74, 6) is 0. The van der Waals surface area contributed by atoms with E-state index in [1.54, 1.807) is 11.5 Å². The number of pyridine rings is 2. The van der Waals surface area contributed by atoms with Gasteiger partial charge in [-0.3, -0.25) is 4.79 Å². The number of nitrogens with zero attached hydrogens (tertiary/aromatic N) is 2. The third-order valence-electron chi connectivity index (χ3n) is 6.08. The van der Waals surface area contributed by atoms with Crippen LogP contribution in [0.1, 0.15) is 56.9 Å². The Morgan fingerprint density at radius 2 is 1.80 bits per heavy atom. The normalized spacial score (nSPS) is 11.1. The molecule has 0 saturated heterocycles. The SMILES string of the molecule is CC.CC.CCc1c2c(nc3ccc4ccc(N)cc4c13)-c1cc(C)c(COC(=O)O)c(=O)n1C2. The number of hydrogen-bond donors (Lipinski definition) is 2. The van der Waals surface area contributed by atoms with E-state index in [1.807, 2.05) is 64.1 Å². The van der Waals surface area contributed by atoms with Gasteiger partial charge in [0.25, 0.3) is 5.56 Å². The van der Waals surface area contributed by atoms with Gasteiger partial charge in [0.05, 0.1) is 29.0 Å². The molecule has 0 fully saturated rings. The van der Waals surface area contributed by atoms with Crippen molar-refractivity contribution in [3.05, 3.63) is 69.0 Å². The summed E-state index contributed by atoms with van der Waals surface area (Å²) in [6.07, 6.45) is -0.619. The molecule has 5 rings (SSSR count). The van der Waals surface area contributed by atoms with Crippen molar-refractivity contribution in [1.29, 1.82) is 0 Å². The Morgan fingerprint density at radius 3 is 2.46 bits per heavy atom. The molecule has 0 bridgehead atoms. The molecule has 7 heteroatoms. The molecule has 3 N–H and O–H groups in total. The van der Waals surface area contributed by atoms with Gasteiger partial charge in [0.1, 0.15) is 6.61 Å². The number of carboxylic acid groups (broad SMARTS) is 1. The van der Waals surface area contributed by atoms with E-state index in [9.17, 15) is 9.59 Å². The minimum atomic E-state index is -1.40. The first-order valence-corrected chi connectivity index (χ1v) is 12.1. The Kier molecular flexibility index (Phi) is 7.79. The Balaban J connectivity index is 0.000000815. The number of rotatable bonds is 3. The highest BCUT2D eigenvalue weighted by molar-refractivity contribution is 6.10. The molecule has 2 aromatic heterocycles. The molecule has 7 nitrogen and oxygen atoms in total. The topological polar surface area (TPSA) is 107 Å². The van der Waals surface area contributed by atoms with Crippen LogP contribution in [0.25, 0.3) is 33.1 Å². The molecule has 35 heavy (non-hydrogen) atoms. The lowest BCUT2D eigenvalue weighted by Gasteiger charge is -2.13. The summed E-state index contributed by atoms with van der Waals surface area (Å²) in [6, 6.07) is 11.8. The Hall–Kier alpha value is -3.87. The molecule has 0 unspecified atom stereocenters. The van der Waals surface area contributed by atoms with Crippen molar-refractivity contribution < 1.29 is 14.6 Å². The van der Waals surface area contributed by atoms with Crippen molar-refractivity contribution in [1.82, 2.24) is 9.55 Å². The average Bonchev–Trinajstić information content (AvgIpc) is 3.23. The molecule has 4 aromatic rings. The lowest BCUT2D eigenvalue weighted by Crippen LogP contribution is -2.25. The second kappa shape index (κ2) is 10.6. The van der Waals surface area contributed by atoms with Crippen LogP contribution in [0, 0.1) is 6.92 Å². The number of hydrogen-bond acceptors (Lipinski definition) is 5. The maximum Gasteiger partial charge on any atom is 0.506 e. The quantitative estimate of drug-likeness (QED) is 0.181. The van der Waals surface area contributed by atoms with Gasteiger partial charge < -0.3 is 20.1 Å². The van der Waals surface area contributed by atoms with Gasteiger partial charge in [-0.1, -0.05) is 46.8 Å². The lowest BCUT2D eigenvalue weighted by atomic mass is 9.94. The van der Waals surface area contributed by atoms with Crippen LogP contribution in [0.2, 0.25) is 0 Å².